The highest BCUT2D eigenvalue weighted by molar-refractivity contribution is 7.99. The van der Waals surface area contributed by atoms with Gasteiger partial charge in [0.15, 0.2) is 5.78 Å². The van der Waals surface area contributed by atoms with Crippen molar-refractivity contribution in [2.75, 3.05) is 24.7 Å². The SMILES string of the molecule is CC(C)(CO)[C@@H](O)C(=O)CCCC(=O)CCCSCC(=O)CCCCCCCCCN. The molecule has 0 aromatic rings. The number of carbonyl (C=O) groups excluding carboxylic acids is 3. The van der Waals surface area contributed by atoms with Crippen LogP contribution in [0, 0.1) is 5.41 Å². The van der Waals surface area contributed by atoms with Gasteiger partial charge in [-0.05, 0) is 38.0 Å². The van der Waals surface area contributed by atoms with Crippen LogP contribution in [0.3, 0.4) is 0 Å². The lowest BCUT2D eigenvalue weighted by atomic mass is 9.84. The van der Waals surface area contributed by atoms with Gasteiger partial charge in [0, 0.05) is 31.1 Å². The van der Waals surface area contributed by atoms with E-state index in [4.69, 9.17) is 5.73 Å². The van der Waals surface area contributed by atoms with Crippen molar-refractivity contribution in [1.29, 1.82) is 0 Å². The van der Waals surface area contributed by atoms with Crippen LogP contribution in [0.5, 0.6) is 0 Å². The molecule has 0 rings (SSSR count). The fourth-order valence-corrected chi connectivity index (χ4v) is 4.09. The number of nitrogens with two attached hydrogens (primary N) is 1. The molecule has 31 heavy (non-hydrogen) atoms. The lowest BCUT2D eigenvalue weighted by molar-refractivity contribution is -0.135. The normalized spacial score (nSPS) is 12.7. The first-order valence-corrected chi connectivity index (χ1v) is 13.0. The van der Waals surface area contributed by atoms with E-state index in [-0.39, 0.29) is 24.6 Å². The van der Waals surface area contributed by atoms with Gasteiger partial charge in [0.2, 0.25) is 0 Å². The van der Waals surface area contributed by atoms with Crippen LogP contribution >= 0.6 is 11.8 Å². The molecule has 0 aliphatic rings. The molecule has 0 radical (unpaired) electrons. The van der Waals surface area contributed by atoms with Gasteiger partial charge in [0.05, 0.1) is 12.4 Å². The molecule has 4 N–H and O–H groups in total. The van der Waals surface area contributed by atoms with Gasteiger partial charge in [0.1, 0.15) is 17.7 Å². The first-order chi connectivity index (χ1) is 14.7. The summed E-state index contributed by atoms with van der Waals surface area (Å²) >= 11 is 1.59. The molecule has 182 valence electrons. The Labute approximate surface area is 193 Å². The summed E-state index contributed by atoms with van der Waals surface area (Å²) in [6, 6.07) is 0. The molecule has 0 fully saturated rings. The van der Waals surface area contributed by atoms with Crippen molar-refractivity contribution in [3.63, 3.8) is 0 Å². The van der Waals surface area contributed by atoms with Crippen molar-refractivity contribution >= 4 is 29.1 Å². The van der Waals surface area contributed by atoms with Crippen LogP contribution in [-0.4, -0.2) is 58.3 Å². The molecule has 0 aliphatic heterocycles. The van der Waals surface area contributed by atoms with E-state index in [9.17, 15) is 24.6 Å². The Hall–Kier alpha value is -0.760. The van der Waals surface area contributed by atoms with Gasteiger partial charge in [-0.25, -0.2) is 0 Å². The molecule has 0 aromatic heterocycles. The molecule has 6 nitrogen and oxygen atoms in total. The lowest BCUT2D eigenvalue weighted by Crippen LogP contribution is -2.39. The molecule has 0 amide bonds. The smallest absolute Gasteiger partial charge is 0.161 e. The van der Waals surface area contributed by atoms with Crippen LogP contribution in [0.2, 0.25) is 0 Å². The zero-order valence-corrected chi connectivity index (χ0v) is 20.5. The van der Waals surface area contributed by atoms with Crippen molar-refractivity contribution in [3.05, 3.63) is 0 Å². The number of hydrogen-bond acceptors (Lipinski definition) is 7. The summed E-state index contributed by atoms with van der Waals surface area (Å²) in [5.41, 5.74) is 4.61. The van der Waals surface area contributed by atoms with Gasteiger partial charge >= 0.3 is 0 Å². The van der Waals surface area contributed by atoms with E-state index in [1.54, 1.807) is 25.6 Å². The zero-order valence-electron chi connectivity index (χ0n) is 19.7. The molecule has 1 atom stereocenters. The molecule has 0 saturated carbocycles. The number of Topliss-reactive ketones (excluding diaryl/α,β-unsaturated/α-hetero) is 3. The molecule has 0 heterocycles. The van der Waals surface area contributed by atoms with Gasteiger partial charge < -0.3 is 15.9 Å². The van der Waals surface area contributed by atoms with Crippen LogP contribution < -0.4 is 5.73 Å². The van der Waals surface area contributed by atoms with Gasteiger partial charge in [-0.15, -0.1) is 0 Å². The maximum absolute atomic E-state index is 11.9. The predicted octanol–water partition coefficient (Wildman–Crippen LogP) is 3.84. The molecule has 0 aliphatic carbocycles. The quantitative estimate of drug-likeness (QED) is 0.211. The number of hydrogen-bond donors (Lipinski definition) is 3. The highest BCUT2D eigenvalue weighted by Gasteiger charge is 2.32. The van der Waals surface area contributed by atoms with Crippen LogP contribution in [0.4, 0.5) is 0 Å². The summed E-state index contributed by atoms with van der Waals surface area (Å²) in [6.45, 7) is 3.77. The van der Waals surface area contributed by atoms with Crippen molar-refractivity contribution in [3.8, 4) is 0 Å². The van der Waals surface area contributed by atoms with Gasteiger partial charge in [0.25, 0.3) is 0 Å². The third-order valence-electron chi connectivity index (χ3n) is 5.50. The van der Waals surface area contributed by atoms with Crippen LogP contribution in [-0.2, 0) is 14.4 Å². The number of rotatable bonds is 22. The molecule has 7 heteroatoms. The minimum absolute atomic E-state index is 0.113. The molecule has 0 unspecified atom stereocenters. The Morgan fingerprint density at radius 3 is 1.97 bits per heavy atom. The molecular formula is C24H45NO5S. The summed E-state index contributed by atoms with van der Waals surface area (Å²) in [4.78, 5) is 35.8. The number of carbonyl (C=O) groups is 3. The number of aliphatic hydroxyl groups excluding tert-OH is 2. The van der Waals surface area contributed by atoms with E-state index < -0.39 is 11.5 Å². The molecule has 0 aromatic carbocycles. The van der Waals surface area contributed by atoms with Crippen LogP contribution in [0.15, 0.2) is 0 Å². The van der Waals surface area contributed by atoms with E-state index >= 15 is 0 Å². The van der Waals surface area contributed by atoms with Crippen molar-refractivity contribution in [1.82, 2.24) is 0 Å². The van der Waals surface area contributed by atoms with Gasteiger partial charge in [-0.2, -0.15) is 11.8 Å². The Morgan fingerprint density at radius 2 is 1.35 bits per heavy atom. The van der Waals surface area contributed by atoms with E-state index in [0.717, 1.165) is 38.0 Å². The highest BCUT2D eigenvalue weighted by Crippen LogP contribution is 2.22. The zero-order chi connectivity index (χ0) is 23.5. The van der Waals surface area contributed by atoms with Crippen LogP contribution in [0.25, 0.3) is 0 Å². The Balaban J connectivity index is 3.60. The number of unbranched alkanes of at least 4 members (excludes halogenated alkanes) is 6. The first kappa shape index (κ1) is 30.2. The maximum Gasteiger partial charge on any atom is 0.161 e. The third kappa shape index (κ3) is 16.5. The Kier molecular flexibility index (Phi) is 18.3. The Bertz CT molecular complexity index is 510. The number of thioether (sulfide) groups is 1. The summed E-state index contributed by atoms with van der Waals surface area (Å²) < 4.78 is 0. The highest BCUT2D eigenvalue weighted by atomic mass is 32.2. The largest absolute Gasteiger partial charge is 0.396 e. The third-order valence-corrected chi connectivity index (χ3v) is 6.60. The van der Waals surface area contributed by atoms with E-state index in [1.165, 1.54) is 25.7 Å². The molecular weight excluding hydrogens is 414 g/mol. The second kappa shape index (κ2) is 18.8. The average Bonchev–Trinajstić information content (AvgIpc) is 2.74. The minimum atomic E-state index is -1.21. The first-order valence-electron chi connectivity index (χ1n) is 11.9. The second-order valence-electron chi connectivity index (χ2n) is 9.12. The molecule has 0 bridgehead atoms. The number of ketones is 3. The molecule has 0 spiro atoms. The predicted molar refractivity (Wildman–Crippen MR) is 128 cm³/mol. The van der Waals surface area contributed by atoms with Crippen molar-refractivity contribution in [2.45, 2.75) is 103 Å². The summed E-state index contributed by atoms with van der Waals surface area (Å²) in [7, 11) is 0. The topological polar surface area (TPSA) is 118 Å². The summed E-state index contributed by atoms with van der Waals surface area (Å²) in [6.07, 6.45) is 9.61. The minimum Gasteiger partial charge on any atom is -0.396 e. The van der Waals surface area contributed by atoms with Gasteiger partial charge in [-0.1, -0.05) is 46.0 Å². The summed E-state index contributed by atoms with van der Waals surface area (Å²) in [5.74, 6) is 1.40. The van der Waals surface area contributed by atoms with Gasteiger partial charge in [-0.3, -0.25) is 14.4 Å². The van der Waals surface area contributed by atoms with E-state index in [0.29, 0.717) is 37.2 Å². The van der Waals surface area contributed by atoms with Crippen LogP contribution in [0.1, 0.15) is 97.3 Å². The fourth-order valence-electron chi connectivity index (χ4n) is 3.22. The van der Waals surface area contributed by atoms with E-state index in [1.807, 2.05) is 0 Å². The average molecular weight is 460 g/mol. The fraction of sp³-hybridized carbons (Fsp3) is 0.875. The van der Waals surface area contributed by atoms with E-state index in [2.05, 4.69) is 0 Å². The molecule has 0 saturated heterocycles. The number of aliphatic hydroxyl groups is 2. The maximum atomic E-state index is 11.9. The monoisotopic (exact) mass is 459 g/mol. The second-order valence-corrected chi connectivity index (χ2v) is 10.2. The van der Waals surface area contributed by atoms with Crippen molar-refractivity contribution in [2.24, 2.45) is 11.1 Å². The standard InChI is InChI=1S/C24H45NO5S/c1-24(2,19-26)23(30)22(29)15-10-13-20(27)14-11-17-31-18-21(28)12-8-6-4-3-5-7-9-16-25/h23,26,30H,3-19,25H2,1-2H3/t23-/m0/s1. The lowest BCUT2D eigenvalue weighted by Gasteiger charge is -2.26. The van der Waals surface area contributed by atoms with Crippen molar-refractivity contribution < 1.29 is 24.6 Å². The Morgan fingerprint density at radius 1 is 0.806 bits per heavy atom. The summed E-state index contributed by atoms with van der Waals surface area (Å²) in [5, 5.41) is 19.2.